The third kappa shape index (κ3) is 8.16. The zero-order chi connectivity index (χ0) is 30.2. The van der Waals surface area contributed by atoms with E-state index in [-0.39, 0.29) is 23.4 Å². The predicted octanol–water partition coefficient (Wildman–Crippen LogP) is 5.11. The summed E-state index contributed by atoms with van der Waals surface area (Å²) in [6, 6.07) is 21.8. The molecule has 10 heteroatoms. The molecule has 2 aliphatic heterocycles. The van der Waals surface area contributed by atoms with Gasteiger partial charge >= 0.3 is 5.69 Å². The van der Waals surface area contributed by atoms with E-state index in [0.29, 0.717) is 26.1 Å². The van der Waals surface area contributed by atoms with Crippen molar-refractivity contribution in [2.24, 2.45) is 0 Å². The first kappa shape index (κ1) is 30.2. The number of nitro benzene ring substituents is 1. The summed E-state index contributed by atoms with van der Waals surface area (Å²) in [7, 11) is 1.43. The smallest absolute Gasteiger partial charge is 0.311 e. The molecular weight excluding hydrogens is 546 g/mol. The van der Waals surface area contributed by atoms with Crippen LogP contribution in [0, 0.1) is 17.0 Å². The first-order valence-corrected chi connectivity index (χ1v) is 15.0. The Morgan fingerprint density at radius 2 is 1.65 bits per heavy atom. The summed E-state index contributed by atoms with van der Waals surface area (Å²) in [6.07, 6.45) is 2.20. The van der Waals surface area contributed by atoms with Crippen molar-refractivity contribution in [1.82, 2.24) is 9.80 Å². The van der Waals surface area contributed by atoms with Gasteiger partial charge in [0, 0.05) is 81.8 Å². The van der Waals surface area contributed by atoms with Gasteiger partial charge in [0.25, 0.3) is 0 Å². The number of rotatable bonds is 11. The summed E-state index contributed by atoms with van der Waals surface area (Å²) in [5.41, 5.74) is 4.33. The third-order valence-electron chi connectivity index (χ3n) is 8.34. The van der Waals surface area contributed by atoms with Gasteiger partial charge in [-0.05, 0) is 55.7 Å². The van der Waals surface area contributed by atoms with E-state index in [2.05, 4.69) is 58.4 Å². The maximum Gasteiger partial charge on any atom is 0.311 e. The van der Waals surface area contributed by atoms with E-state index < -0.39 is 4.92 Å². The first-order chi connectivity index (χ1) is 20.9. The second-order valence-electron chi connectivity index (χ2n) is 11.3. The van der Waals surface area contributed by atoms with Crippen LogP contribution < -0.4 is 19.7 Å². The predicted molar refractivity (Wildman–Crippen MR) is 168 cm³/mol. The van der Waals surface area contributed by atoms with Gasteiger partial charge in [-0.3, -0.25) is 19.8 Å². The van der Waals surface area contributed by atoms with Crippen LogP contribution in [0.1, 0.15) is 30.4 Å². The van der Waals surface area contributed by atoms with Crippen LogP contribution in [0.5, 0.6) is 11.5 Å². The Kier molecular flexibility index (Phi) is 9.99. The molecule has 0 radical (unpaired) electrons. The van der Waals surface area contributed by atoms with Crippen LogP contribution in [0.3, 0.4) is 0 Å². The zero-order valence-electron chi connectivity index (χ0n) is 25.0. The highest BCUT2D eigenvalue weighted by Gasteiger charge is 2.25. The Morgan fingerprint density at radius 1 is 0.953 bits per heavy atom. The molecule has 0 aromatic heterocycles. The van der Waals surface area contributed by atoms with Crippen LogP contribution in [0.15, 0.2) is 66.7 Å². The standard InChI is InChI=1S/C33H41N5O5/c1-25-3-5-26(6-4-25)24-43-30-10-8-29(9-11-30)36-21-19-35(20-22-36)16-15-33(39)37-17-13-27(14-18-37)34-28-7-12-31(38(40)41)32(23-28)42-2/h3-12,23,27,34H,13-22,24H2,1-2H3. The number of amides is 1. The highest BCUT2D eigenvalue weighted by molar-refractivity contribution is 5.76. The second-order valence-corrected chi connectivity index (χ2v) is 11.3. The van der Waals surface area contributed by atoms with Crippen LogP contribution in [0.4, 0.5) is 17.1 Å². The SMILES string of the molecule is COc1cc(NC2CCN(C(=O)CCN3CCN(c4ccc(OCc5ccc(C)cc5)cc4)CC3)CC2)ccc1[N+](=O)[O-]. The molecule has 228 valence electrons. The van der Waals surface area contributed by atoms with E-state index in [0.717, 1.165) is 62.6 Å². The first-order valence-electron chi connectivity index (χ1n) is 15.0. The molecule has 0 bridgehead atoms. The average Bonchev–Trinajstić information content (AvgIpc) is 3.04. The van der Waals surface area contributed by atoms with Crippen LogP contribution in [0.25, 0.3) is 0 Å². The van der Waals surface area contributed by atoms with E-state index in [1.807, 2.05) is 17.0 Å². The fourth-order valence-corrected chi connectivity index (χ4v) is 5.67. The summed E-state index contributed by atoms with van der Waals surface area (Å²) in [4.78, 5) is 30.4. The van der Waals surface area contributed by atoms with E-state index in [9.17, 15) is 14.9 Å². The molecule has 43 heavy (non-hydrogen) atoms. The van der Waals surface area contributed by atoms with Gasteiger partial charge in [-0.25, -0.2) is 0 Å². The fraction of sp³-hybridized carbons (Fsp3) is 0.424. The van der Waals surface area contributed by atoms with Gasteiger partial charge in [-0.1, -0.05) is 29.8 Å². The van der Waals surface area contributed by atoms with Crippen LogP contribution >= 0.6 is 0 Å². The van der Waals surface area contributed by atoms with Gasteiger partial charge in [0.05, 0.1) is 12.0 Å². The molecule has 0 spiro atoms. The number of nitro groups is 1. The normalized spacial score (nSPS) is 16.1. The Bertz CT molecular complexity index is 1370. The highest BCUT2D eigenvalue weighted by atomic mass is 16.6. The maximum absolute atomic E-state index is 12.9. The number of carbonyl (C=O) groups excluding carboxylic acids is 1. The number of hydrogen-bond donors (Lipinski definition) is 1. The number of nitrogens with one attached hydrogen (secondary N) is 1. The molecule has 10 nitrogen and oxygen atoms in total. The lowest BCUT2D eigenvalue weighted by Crippen LogP contribution is -2.48. The highest BCUT2D eigenvalue weighted by Crippen LogP contribution is 2.30. The summed E-state index contributed by atoms with van der Waals surface area (Å²) in [6.45, 7) is 8.57. The van der Waals surface area contributed by atoms with Crippen molar-refractivity contribution in [3.05, 3.63) is 88.0 Å². The van der Waals surface area contributed by atoms with Gasteiger partial charge in [-0.2, -0.15) is 0 Å². The summed E-state index contributed by atoms with van der Waals surface area (Å²) < 4.78 is 11.1. The Balaban J connectivity index is 0.993. The molecule has 1 amide bonds. The van der Waals surface area contributed by atoms with E-state index in [1.54, 1.807) is 12.1 Å². The molecular formula is C33H41N5O5. The monoisotopic (exact) mass is 587 g/mol. The molecule has 3 aromatic rings. The average molecular weight is 588 g/mol. The van der Waals surface area contributed by atoms with Crippen molar-refractivity contribution in [2.75, 3.05) is 63.1 Å². The lowest BCUT2D eigenvalue weighted by molar-refractivity contribution is -0.385. The third-order valence-corrected chi connectivity index (χ3v) is 8.34. The second kappa shape index (κ2) is 14.2. The Hall–Kier alpha value is -4.31. The van der Waals surface area contributed by atoms with E-state index >= 15 is 0 Å². The Labute approximate surface area is 253 Å². The lowest BCUT2D eigenvalue weighted by atomic mass is 10.0. The van der Waals surface area contributed by atoms with E-state index in [4.69, 9.17) is 9.47 Å². The van der Waals surface area contributed by atoms with Crippen molar-refractivity contribution >= 4 is 23.0 Å². The number of likely N-dealkylation sites (tertiary alicyclic amines) is 1. The minimum atomic E-state index is -0.449. The quantitative estimate of drug-likeness (QED) is 0.244. The van der Waals surface area contributed by atoms with Crippen molar-refractivity contribution in [3.63, 3.8) is 0 Å². The minimum absolute atomic E-state index is 0.0520. The summed E-state index contributed by atoms with van der Waals surface area (Å²) in [5, 5.41) is 14.6. The number of piperidine rings is 1. The number of carbonyl (C=O) groups is 1. The van der Waals surface area contributed by atoms with Crippen molar-refractivity contribution < 1.29 is 19.2 Å². The summed E-state index contributed by atoms with van der Waals surface area (Å²) in [5.74, 6) is 1.31. The largest absolute Gasteiger partial charge is 0.490 e. The number of hydrogen-bond acceptors (Lipinski definition) is 8. The molecule has 2 aliphatic rings. The number of methoxy groups -OCH3 is 1. The van der Waals surface area contributed by atoms with Crippen LogP contribution in [0.2, 0.25) is 0 Å². The molecule has 0 atom stereocenters. The zero-order valence-corrected chi connectivity index (χ0v) is 25.0. The molecule has 3 aromatic carbocycles. The topological polar surface area (TPSA) is 100 Å². The number of ether oxygens (including phenoxy) is 2. The molecule has 0 unspecified atom stereocenters. The molecule has 0 saturated carbocycles. The lowest BCUT2D eigenvalue weighted by Gasteiger charge is -2.37. The summed E-state index contributed by atoms with van der Waals surface area (Å²) >= 11 is 0. The van der Waals surface area contributed by atoms with E-state index in [1.165, 1.54) is 24.4 Å². The molecule has 2 fully saturated rings. The molecule has 2 saturated heterocycles. The molecule has 2 heterocycles. The van der Waals surface area contributed by atoms with Gasteiger partial charge in [-0.15, -0.1) is 0 Å². The number of nitrogens with zero attached hydrogens (tertiary/aromatic N) is 4. The number of piperazine rings is 1. The van der Waals surface area contributed by atoms with Gasteiger partial charge in [0.15, 0.2) is 5.75 Å². The number of benzene rings is 3. The fourth-order valence-electron chi connectivity index (χ4n) is 5.67. The van der Waals surface area contributed by atoms with Crippen molar-refractivity contribution in [3.8, 4) is 11.5 Å². The molecule has 0 aliphatic carbocycles. The number of aryl methyl sites for hydroxylation is 1. The maximum atomic E-state index is 12.9. The van der Waals surface area contributed by atoms with Gasteiger partial charge in [0.2, 0.25) is 5.91 Å². The minimum Gasteiger partial charge on any atom is -0.490 e. The van der Waals surface area contributed by atoms with Gasteiger partial charge < -0.3 is 24.6 Å². The van der Waals surface area contributed by atoms with Crippen LogP contribution in [-0.4, -0.2) is 79.6 Å². The molecule has 5 rings (SSSR count). The van der Waals surface area contributed by atoms with Gasteiger partial charge in [0.1, 0.15) is 12.4 Å². The Morgan fingerprint density at radius 3 is 2.30 bits per heavy atom. The number of anilines is 2. The van der Waals surface area contributed by atoms with Crippen molar-refractivity contribution in [2.45, 2.75) is 38.8 Å². The molecule has 1 N–H and O–H groups in total. The van der Waals surface area contributed by atoms with Crippen molar-refractivity contribution in [1.29, 1.82) is 0 Å². The van der Waals surface area contributed by atoms with Crippen LogP contribution in [-0.2, 0) is 11.4 Å².